The molecule has 5 nitrogen and oxygen atoms in total. The van der Waals surface area contributed by atoms with Gasteiger partial charge in [0.1, 0.15) is 0 Å². The van der Waals surface area contributed by atoms with Gasteiger partial charge in [-0.1, -0.05) is 112 Å². The van der Waals surface area contributed by atoms with Gasteiger partial charge in [0, 0.05) is 13.2 Å². The monoisotopic (exact) mass is 477 g/mol. The molecule has 0 saturated heterocycles. The lowest BCUT2D eigenvalue weighted by molar-refractivity contribution is 0.0842. The van der Waals surface area contributed by atoms with Crippen LogP contribution in [0.1, 0.15) is 32.8 Å². The first kappa shape index (κ1) is 25.7. The van der Waals surface area contributed by atoms with E-state index in [2.05, 4.69) is 45.0 Å². The molecule has 0 bridgehead atoms. The second-order valence-corrected chi connectivity index (χ2v) is 13.8. The van der Waals surface area contributed by atoms with Gasteiger partial charge < -0.3 is 14.6 Å². The molecule has 0 aliphatic rings. The third-order valence-electron chi connectivity index (χ3n) is 6.25. The standard InChI is InChI=1S/C28H35NO4Si/c1-28(2,3)34(25-15-9-5-10-16-25,26-17-11-6-12-18-26)33-22-24(19-20-30)29(27(31)32)21-23-13-7-4-8-14-23/h4-18,24,30H,19-22H2,1-3H3,(H,31,32)/t24-/m0/s1. The van der Waals surface area contributed by atoms with E-state index in [1.165, 1.54) is 4.90 Å². The average Bonchev–Trinajstić information content (AvgIpc) is 2.83. The number of amides is 1. The van der Waals surface area contributed by atoms with Crippen LogP contribution < -0.4 is 10.4 Å². The summed E-state index contributed by atoms with van der Waals surface area (Å²) in [6, 6.07) is 29.6. The fourth-order valence-corrected chi connectivity index (χ4v) is 9.19. The Morgan fingerprint density at radius 3 is 1.76 bits per heavy atom. The molecule has 0 aromatic heterocycles. The van der Waals surface area contributed by atoms with Crippen LogP contribution in [0.3, 0.4) is 0 Å². The molecule has 34 heavy (non-hydrogen) atoms. The summed E-state index contributed by atoms with van der Waals surface area (Å²) >= 11 is 0. The van der Waals surface area contributed by atoms with Crippen molar-refractivity contribution >= 4 is 24.8 Å². The van der Waals surface area contributed by atoms with E-state index in [1.54, 1.807) is 0 Å². The van der Waals surface area contributed by atoms with Crippen molar-refractivity contribution in [1.29, 1.82) is 0 Å². The summed E-state index contributed by atoms with van der Waals surface area (Å²) in [5, 5.41) is 21.9. The van der Waals surface area contributed by atoms with E-state index >= 15 is 0 Å². The maximum absolute atomic E-state index is 12.3. The number of aliphatic hydroxyl groups is 1. The van der Waals surface area contributed by atoms with E-state index in [4.69, 9.17) is 4.43 Å². The van der Waals surface area contributed by atoms with Gasteiger partial charge in [0.2, 0.25) is 0 Å². The van der Waals surface area contributed by atoms with Crippen molar-refractivity contribution in [2.75, 3.05) is 13.2 Å². The van der Waals surface area contributed by atoms with Crippen LogP contribution in [0.2, 0.25) is 5.04 Å². The van der Waals surface area contributed by atoms with Crippen molar-refractivity contribution in [1.82, 2.24) is 4.90 Å². The predicted octanol–water partition coefficient (Wildman–Crippen LogP) is 4.49. The second kappa shape index (κ2) is 11.5. The third-order valence-corrected chi connectivity index (χ3v) is 11.3. The Labute approximate surface area is 203 Å². The van der Waals surface area contributed by atoms with Gasteiger partial charge in [-0.05, 0) is 27.4 Å². The Bertz CT molecular complexity index is 983. The summed E-state index contributed by atoms with van der Waals surface area (Å²) in [7, 11) is -2.82. The molecule has 2 N–H and O–H groups in total. The van der Waals surface area contributed by atoms with E-state index in [-0.39, 0.29) is 24.8 Å². The fraction of sp³-hybridized carbons (Fsp3) is 0.321. The minimum atomic E-state index is -2.82. The van der Waals surface area contributed by atoms with Gasteiger partial charge in [0.25, 0.3) is 8.32 Å². The Kier molecular flexibility index (Phi) is 8.66. The Balaban J connectivity index is 2.01. The van der Waals surface area contributed by atoms with Gasteiger partial charge in [0.05, 0.1) is 12.6 Å². The van der Waals surface area contributed by atoms with Gasteiger partial charge >= 0.3 is 6.09 Å². The van der Waals surface area contributed by atoms with E-state index in [0.29, 0.717) is 6.42 Å². The van der Waals surface area contributed by atoms with Crippen LogP contribution in [0.5, 0.6) is 0 Å². The highest BCUT2D eigenvalue weighted by Crippen LogP contribution is 2.37. The molecular formula is C28H35NO4Si. The first-order chi connectivity index (χ1) is 16.3. The first-order valence-corrected chi connectivity index (χ1v) is 13.6. The average molecular weight is 478 g/mol. The number of hydrogen-bond acceptors (Lipinski definition) is 3. The lowest BCUT2D eigenvalue weighted by Gasteiger charge is -2.44. The molecule has 0 unspecified atom stereocenters. The van der Waals surface area contributed by atoms with Crippen LogP contribution in [-0.2, 0) is 11.0 Å². The summed E-state index contributed by atoms with van der Waals surface area (Å²) in [6.07, 6.45) is -0.717. The molecule has 1 amide bonds. The smallest absolute Gasteiger partial charge is 0.407 e. The predicted molar refractivity (Wildman–Crippen MR) is 139 cm³/mol. The van der Waals surface area contributed by atoms with Gasteiger partial charge in [0.15, 0.2) is 0 Å². The van der Waals surface area contributed by atoms with Crippen molar-refractivity contribution in [2.24, 2.45) is 0 Å². The Morgan fingerprint density at radius 1 is 0.882 bits per heavy atom. The Morgan fingerprint density at radius 2 is 1.35 bits per heavy atom. The number of hydrogen-bond donors (Lipinski definition) is 2. The number of carbonyl (C=O) groups is 1. The number of benzene rings is 3. The quantitative estimate of drug-likeness (QED) is 0.422. The van der Waals surface area contributed by atoms with Crippen molar-refractivity contribution in [2.45, 2.75) is 44.8 Å². The summed E-state index contributed by atoms with van der Waals surface area (Å²) < 4.78 is 6.97. The molecule has 3 rings (SSSR count). The van der Waals surface area contributed by atoms with E-state index in [0.717, 1.165) is 15.9 Å². The van der Waals surface area contributed by atoms with E-state index in [1.807, 2.05) is 66.7 Å². The largest absolute Gasteiger partial charge is 0.465 e. The van der Waals surface area contributed by atoms with Crippen molar-refractivity contribution in [3.05, 3.63) is 96.6 Å². The topological polar surface area (TPSA) is 70.0 Å². The number of carboxylic acid groups (broad SMARTS) is 1. The highest BCUT2D eigenvalue weighted by molar-refractivity contribution is 6.99. The molecule has 3 aromatic carbocycles. The van der Waals surface area contributed by atoms with E-state index in [9.17, 15) is 15.0 Å². The SMILES string of the molecule is CC(C)(C)[Si](OC[C@H](CCO)N(Cc1ccccc1)C(=O)O)(c1ccccc1)c1ccccc1. The van der Waals surface area contributed by atoms with Gasteiger partial charge in [-0.25, -0.2) is 4.79 Å². The zero-order valence-electron chi connectivity index (χ0n) is 20.2. The van der Waals surface area contributed by atoms with Crippen LogP contribution in [-0.4, -0.2) is 48.8 Å². The highest BCUT2D eigenvalue weighted by Gasteiger charge is 2.50. The van der Waals surface area contributed by atoms with Crippen molar-refractivity contribution in [3.63, 3.8) is 0 Å². The number of aliphatic hydroxyl groups excluding tert-OH is 1. The molecule has 0 spiro atoms. The Hall–Kier alpha value is -2.93. The summed E-state index contributed by atoms with van der Waals surface area (Å²) in [5.41, 5.74) is 0.901. The van der Waals surface area contributed by atoms with Crippen molar-refractivity contribution in [3.8, 4) is 0 Å². The molecule has 6 heteroatoms. The van der Waals surface area contributed by atoms with Gasteiger partial charge in [-0.15, -0.1) is 0 Å². The molecule has 0 heterocycles. The molecular weight excluding hydrogens is 442 g/mol. The molecule has 0 aliphatic heterocycles. The maximum Gasteiger partial charge on any atom is 0.407 e. The van der Waals surface area contributed by atoms with Gasteiger partial charge in [-0.2, -0.15) is 0 Å². The summed E-state index contributed by atoms with van der Waals surface area (Å²) in [4.78, 5) is 13.7. The van der Waals surface area contributed by atoms with Crippen LogP contribution in [0.25, 0.3) is 0 Å². The minimum absolute atomic E-state index is 0.118. The van der Waals surface area contributed by atoms with Crippen LogP contribution in [0, 0.1) is 0 Å². The molecule has 0 fully saturated rings. The third kappa shape index (κ3) is 5.76. The lowest BCUT2D eigenvalue weighted by Crippen LogP contribution is -2.67. The first-order valence-electron chi connectivity index (χ1n) is 11.7. The van der Waals surface area contributed by atoms with Crippen LogP contribution in [0.15, 0.2) is 91.0 Å². The number of nitrogens with zero attached hydrogens (tertiary/aromatic N) is 1. The van der Waals surface area contributed by atoms with Crippen LogP contribution >= 0.6 is 0 Å². The number of rotatable bonds is 10. The van der Waals surface area contributed by atoms with Crippen LogP contribution in [0.4, 0.5) is 4.79 Å². The molecule has 0 radical (unpaired) electrons. The maximum atomic E-state index is 12.3. The molecule has 0 saturated carbocycles. The second-order valence-electron chi connectivity index (χ2n) is 9.54. The summed E-state index contributed by atoms with van der Waals surface area (Å²) in [5.74, 6) is 0. The van der Waals surface area contributed by atoms with E-state index < -0.39 is 20.5 Å². The highest BCUT2D eigenvalue weighted by atomic mass is 28.4. The molecule has 1 atom stereocenters. The zero-order valence-corrected chi connectivity index (χ0v) is 21.2. The normalized spacial score (nSPS) is 12.8. The lowest BCUT2D eigenvalue weighted by atomic mass is 10.1. The molecule has 3 aromatic rings. The molecule has 0 aliphatic carbocycles. The minimum Gasteiger partial charge on any atom is -0.465 e. The fourth-order valence-electron chi connectivity index (χ4n) is 4.59. The van der Waals surface area contributed by atoms with Crippen molar-refractivity contribution < 1.29 is 19.4 Å². The van der Waals surface area contributed by atoms with Gasteiger partial charge in [-0.3, -0.25) is 4.90 Å². The zero-order chi connectivity index (χ0) is 24.6. The molecule has 180 valence electrons. The summed E-state index contributed by atoms with van der Waals surface area (Å²) in [6.45, 7) is 6.91.